The van der Waals surface area contributed by atoms with Crippen molar-refractivity contribution >= 4 is 33.3 Å². The molecule has 5 nitrogen and oxygen atoms in total. The van der Waals surface area contributed by atoms with Crippen LogP contribution < -0.4 is 4.72 Å². The Morgan fingerprint density at radius 3 is 3.00 bits per heavy atom. The lowest BCUT2D eigenvalue weighted by molar-refractivity contribution is -0.138. The van der Waals surface area contributed by atoms with Crippen LogP contribution in [0.2, 0.25) is 5.02 Å². The van der Waals surface area contributed by atoms with Crippen LogP contribution in [-0.4, -0.2) is 26.2 Å². The van der Waals surface area contributed by atoms with Gasteiger partial charge in [0, 0.05) is 2.74 Å². The summed E-state index contributed by atoms with van der Waals surface area (Å²) in [7, 11) is -4.56. The van der Waals surface area contributed by atoms with Crippen LogP contribution >= 0.6 is 11.6 Å². The lowest BCUT2D eigenvalue weighted by atomic mass is 9.99. The zero-order chi connectivity index (χ0) is 19.8. The maximum atomic E-state index is 13.1. The molecule has 0 heterocycles. The van der Waals surface area contributed by atoms with E-state index in [0.717, 1.165) is 24.3 Å². The van der Waals surface area contributed by atoms with E-state index < -0.39 is 45.4 Å². The van der Waals surface area contributed by atoms with Crippen molar-refractivity contribution in [3.8, 4) is 0 Å². The monoisotopic (exact) mass is 364 g/mol. The third-order valence-corrected chi connectivity index (χ3v) is 4.91. The number of allylic oxidation sites excluding steroid dienone is 1. The molecule has 8 heteroatoms. The van der Waals surface area contributed by atoms with Crippen molar-refractivity contribution in [2.24, 2.45) is 0 Å². The molecule has 0 saturated heterocycles. The molecule has 1 aromatic rings. The number of esters is 1. The Morgan fingerprint density at radius 2 is 2.35 bits per heavy atom. The molecule has 0 radical (unpaired) electrons. The number of benzene rings is 1. The SMILES string of the molecule is [2H]C1([2H])C=C(C(=O)OCC)[C@]([2H])(S(=O)(=O)Nc2ccc(F)cc2Cl)CC1. The molecule has 1 atom stereocenters. The van der Waals surface area contributed by atoms with Gasteiger partial charge in [-0.2, -0.15) is 0 Å². The minimum Gasteiger partial charge on any atom is -0.463 e. The van der Waals surface area contributed by atoms with Crippen LogP contribution in [0.1, 0.15) is 30.3 Å². The third kappa shape index (κ3) is 4.23. The van der Waals surface area contributed by atoms with Crippen LogP contribution in [0.25, 0.3) is 0 Å². The van der Waals surface area contributed by atoms with Gasteiger partial charge in [0.15, 0.2) is 0 Å². The van der Waals surface area contributed by atoms with Crippen LogP contribution in [0.4, 0.5) is 10.1 Å². The lowest BCUT2D eigenvalue weighted by Gasteiger charge is -2.24. The van der Waals surface area contributed by atoms with E-state index in [1.165, 1.54) is 6.92 Å². The number of anilines is 1. The summed E-state index contributed by atoms with van der Waals surface area (Å²) in [6, 6.07) is 2.98. The van der Waals surface area contributed by atoms with E-state index >= 15 is 0 Å². The molecule has 0 spiro atoms. The van der Waals surface area contributed by atoms with Crippen LogP contribution in [0.3, 0.4) is 0 Å². The number of carbonyl (C=O) groups excluding carboxylic acids is 1. The summed E-state index contributed by atoms with van der Waals surface area (Å²) in [5, 5.41) is -2.70. The molecule has 0 aromatic heterocycles. The number of halogens is 2. The summed E-state index contributed by atoms with van der Waals surface area (Å²) >= 11 is 5.82. The van der Waals surface area contributed by atoms with E-state index in [4.69, 9.17) is 20.5 Å². The fraction of sp³-hybridized carbons (Fsp3) is 0.400. The molecule has 23 heavy (non-hydrogen) atoms. The zero-order valence-electron chi connectivity index (χ0n) is 15.2. The Bertz CT molecular complexity index is 862. The Hall–Kier alpha value is -1.60. The second kappa shape index (κ2) is 7.31. The highest BCUT2D eigenvalue weighted by molar-refractivity contribution is 7.93. The average molecular weight is 365 g/mol. The number of rotatable bonds is 5. The third-order valence-electron chi connectivity index (χ3n) is 3.04. The van der Waals surface area contributed by atoms with Crippen molar-refractivity contribution in [1.29, 1.82) is 0 Å². The predicted molar refractivity (Wildman–Crippen MR) is 86.3 cm³/mol. The van der Waals surface area contributed by atoms with Crippen molar-refractivity contribution in [2.75, 3.05) is 11.3 Å². The van der Waals surface area contributed by atoms with Gasteiger partial charge in [0.05, 0.1) is 24.3 Å². The van der Waals surface area contributed by atoms with Gasteiger partial charge in [-0.1, -0.05) is 17.7 Å². The second-order valence-corrected chi connectivity index (χ2v) is 6.75. The van der Waals surface area contributed by atoms with Gasteiger partial charge in [0.1, 0.15) is 11.0 Å². The second-order valence-electron chi connectivity index (χ2n) is 4.64. The Labute approximate surface area is 143 Å². The minimum atomic E-state index is -4.56. The van der Waals surface area contributed by atoms with Gasteiger partial charge in [-0.05, 0) is 44.3 Å². The Balaban J connectivity index is 2.49. The fourth-order valence-corrected chi connectivity index (χ4v) is 3.68. The first-order valence-electron chi connectivity index (χ1n) is 8.30. The van der Waals surface area contributed by atoms with Crippen LogP contribution in [-0.2, 0) is 19.6 Å². The molecule has 0 saturated carbocycles. The van der Waals surface area contributed by atoms with Crippen LogP contribution in [0.5, 0.6) is 0 Å². The minimum absolute atomic E-state index is 0.0630. The average Bonchev–Trinajstić information content (AvgIpc) is 2.52. The summed E-state index contributed by atoms with van der Waals surface area (Å²) in [4.78, 5) is 12.2. The summed E-state index contributed by atoms with van der Waals surface area (Å²) in [6.45, 7) is 1.44. The fourth-order valence-electron chi connectivity index (χ4n) is 2.01. The molecule has 1 N–H and O–H groups in total. The van der Waals surface area contributed by atoms with E-state index in [2.05, 4.69) is 4.72 Å². The van der Waals surface area contributed by atoms with Gasteiger partial charge < -0.3 is 4.74 Å². The van der Waals surface area contributed by atoms with E-state index in [1.807, 2.05) is 0 Å². The van der Waals surface area contributed by atoms with Crippen molar-refractivity contribution in [3.05, 3.63) is 40.7 Å². The van der Waals surface area contributed by atoms with Crippen molar-refractivity contribution in [1.82, 2.24) is 0 Å². The highest BCUT2D eigenvalue weighted by atomic mass is 35.5. The number of hydrogen-bond acceptors (Lipinski definition) is 4. The van der Waals surface area contributed by atoms with Crippen molar-refractivity contribution in [3.63, 3.8) is 0 Å². The maximum Gasteiger partial charge on any atom is 0.335 e. The van der Waals surface area contributed by atoms with E-state index in [1.54, 1.807) is 0 Å². The van der Waals surface area contributed by atoms with Gasteiger partial charge in [-0.15, -0.1) is 0 Å². The predicted octanol–water partition coefficient (Wildman–Crippen LogP) is 3.26. The molecule has 126 valence electrons. The van der Waals surface area contributed by atoms with Gasteiger partial charge >= 0.3 is 5.97 Å². The molecular formula is C15H17ClFNO4S. The highest BCUT2D eigenvalue weighted by Crippen LogP contribution is 2.30. The molecule has 1 aliphatic rings. The molecule has 0 aliphatic heterocycles. The maximum absolute atomic E-state index is 13.1. The molecule has 1 aliphatic carbocycles. The van der Waals surface area contributed by atoms with Gasteiger partial charge in [-0.3, -0.25) is 4.72 Å². The van der Waals surface area contributed by atoms with Gasteiger partial charge in [0.25, 0.3) is 0 Å². The summed E-state index contributed by atoms with van der Waals surface area (Å²) < 4.78 is 69.6. The van der Waals surface area contributed by atoms with E-state index in [9.17, 15) is 17.6 Å². The highest BCUT2D eigenvalue weighted by Gasteiger charge is 2.35. The number of carbonyl (C=O) groups is 1. The normalized spacial score (nSPS) is 25.5. The molecule has 1 aromatic carbocycles. The Kier molecular flexibility index (Phi) is 4.39. The van der Waals surface area contributed by atoms with Crippen molar-refractivity contribution in [2.45, 2.75) is 31.4 Å². The van der Waals surface area contributed by atoms with Crippen LogP contribution in [0.15, 0.2) is 29.8 Å². The number of ether oxygens (including phenoxy) is 1. The molecule has 0 amide bonds. The standard InChI is InChI=1S/C15H17ClFNO4S/c1-2-22-15(19)11-5-3-4-6-14(11)23(20,21)18-13-8-7-10(17)9-12(13)16/h5,7-9,14,18H,2-4,6H2,1H3/t14-/m1/s1/i3D2,14D. The number of hydrogen-bond donors (Lipinski definition) is 1. The largest absolute Gasteiger partial charge is 0.463 e. The van der Waals surface area contributed by atoms with E-state index in [-0.39, 0.29) is 23.7 Å². The summed E-state index contributed by atoms with van der Waals surface area (Å²) in [6.07, 6.45) is -1.89. The van der Waals surface area contributed by atoms with Gasteiger partial charge in [-0.25, -0.2) is 17.6 Å². The lowest BCUT2D eigenvalue weighted by Crippen LogP contribution is -2.34. The molecule has 0 bridgehead atoms. The zero-order valence-corrected chi connectivity index (χ0v) is 13.8. The topological polar surface area (TPSA) is 72.5 Å². The first-order chi connectivity index (χ1) is 11.9. The smallest absolute Gasteiger partial charge is 0.335 e. The molecular weight excluding hydrogens is 345 g/mol. The molecule has 2 rings (SSSR count). The summed E-state index contributed by atoms with van der Waals surface area (Å²) in [5.41, 5.74) is -0.766. The molecule has 0 unspecified atom stereocenters. The molecule has 0 fully saturated rings. The van der Waals surface area contributed by atoms with Gasteiger partial charge in [0.2, 0.25) is 10.0 Å². The van der Waals surface area contributed by atoms with E-state index in [0.29, 0.717) is 0 Å². The first kappa shape index (κ1) is 13.8. The number of sulfonamides is 1. The quantitative estimate of drug-likeness (QED) is 0.814. The Morgan fingerprint density at radius 1 is 1.61 bits per heavy atom. The van der Waals surface area contributed by atoms with Crippen molar-refractivity contribution < 1.29 is 26.5 Å². The van der Waals surface area contributed by atoms with Crippen LogP contribution in [0, 0.1) is 5.82 Å². The first-order valence-corrected chi connectivity index (χ1v) is 8.66. The number of nitrogens with one attached hydrogen (secondary N) is 1. The summed E-state index contributed by atoms with van der Waals surface area (Å²) in [5.74, 6) is -1.75.